The Labute approximate surface area is 135 Å². The van der Waals surface area contributed by atoms with Crippen LogP contribution in [0.4, 0.5) is 5.13 Å². The number of amides is 1. The Hall–Kier alpha value is -1.02. The van der Waals surface area contributed by atoms with Gasteiger partial charge in [-0.3, -0.25) is 14.6 Å². The van der Waals surface area contributed by atoms with Crippen LogP contribution in [0.25, 0.3) is 0 Å². The number of fused-ring (bicyclic) bond motifs is 1. The summed E-state index contributed by atoms with van der Waals surface area (Å²) in [7, 11) is 0. The SMILES string of the molecule is O=C(CN1CCN(CCO)CC1)Nc1nc2c(s1)CCCC2. The molecule has 0 bridgehead atoms. The maximum atomic E-state index is 12.2. The normalized spacial score (nSPS) is 19.9. The van der Waals surface area contributed by atoms with Crippen molar-refractivity contribution in [1.82, 2.24) is 14.8 Å². The fourth-order valence-electron chi connectivity index (χ4n) is 3.08. The van der Waals surface area contributed by atoms with Gasteiger partial charge < -0.3 is 10.4 Å². The van der Waals surface area contributed by atoms with E-state index >= 15 is 0 Å². The molecule has 1 aromatic heterocycles. The van der Waals surface area contributed by atoms with Crippen LogP contribution in [0.15, 0.2) is 0 Å². The lowest BCUT2D eigenvalue weighted by Crippen LogP contribution is -2.49. The minimum absolute atomic E-state index is 0.0294. The maximum Gasteiger partial charge on any atom is 0.240 e. The molecular weight excluding hydrogens is 300 g/mol. The van der Waals surface area contributed by atoms with Gasteiger partial charge in [0, 0.05) is 37.6 Å². The molecule has 1 aliphatic heterocycles. The molecule has 0 aromatic carbocycles. The van der Waals surface area contributed by atoms with Crippen molar-refractivity contribution in [2.24, 2.45) is 0 Å². The number of aromatic nitrogens is 1. The van der Waals surface area contributed by atoms with E-state index in [2.05, 4.69) is 20.1 Å². The largest absolute Gasteiger partial charge is 0.395 e. The van der Waals surface area contributed by atoms with Crippen molar-refractivity contribution in [2.75, 3.05) is 51.2 Å². The molecular formula is C15H24N4O2S. The molecule has 0 atom stereocenters. The first kappa shape index (κ1) is 15.9. The summed E-state index contributed by atoms with van der Waals surface area (Å²) in [6.45, 7) is 4.94. The number of aliphatic hydroxyl groups excluding tert-OH is 1. The highest BCUT2D eigenvalue weighted by Crippen LogP contribution is 2.29. The molecule has 3 rings (SSSR count). The number of nitrogens with one attached hydrogen (secondary N) is 1. The van der Waals surface area contributed by atoms with Gasteiger partial charge in [-0.05, 0) is 25.7 Å². The molecule has 6 nitrogen and oxygen atoms in total. The van der Waals surface area contributed by atoms with Gasteiger partial charge in [0.1, 0.15) is 0 Å². The number of carbonyl (C=O) groups is 1. The standard InChI is InChI=1S/C15H24N4O2S/c20-10-9-18-5-7-19(8-6-18)11-14(21)17-15-16-12-3-1-2-4-13(12)22-15/h20H,1-11H2,(H,16,17,21). The fourth-order valence-corrected chi connectivity index (χ4v) is 4.15. The number of hydrogen-bond donors (Lipinski definition) is 2. The Morgan fingerprint density at radius 3 is 2.64 bits per heavy atom. The van der Waals surface area contributed by atoms with Gasteiger partial charge in [0.25, 0.3) is 0 Å². The Balaban J connectivity index is 1.46. The molecule has 2 aliphatic rings. The third-order valence-electron chi connectivity index (χ3n) is 4.34. The smallest absolute Gasteiger partial charge is 0.240 e. The van der Waals surface area contributed by atoms with Crippen LogP contribution in [-0.4, -0.2) is 71.7 Å². The lowest BCUT2D eigenvalue weighted by Gasteiger charge is -2.33. The zero-order valence-electron chi connectivity index (χ0n) is 12.9. The first-order valence-corrected chi connectivity index (χ1v) is 8.90. The zero-order chi connectivity index (χ0) is 15.4. The van der Waals surface area contributed by atoms with Crippen molar-refractivity contribution in [3.8, 4) is 0 Å². The Kier molecular flexibility index (Phi) is 5.41. The predicted molar refractivity (Wildman–Crippen MR) is 87.4 cm³/mol. The minimum Gasteiger partial charge on any atom is -0.395 e. The summed E-state index contributed by atoms with van der Waals surface area (Å²) in [5.41, 5.74) is 1.18. The topological polar surface area (TPSA) is 68.7 Å². The molecule has 1 amide bonds. The summed E-state index contributed by atoms with van der Waals surface area (Å²) in [5.74, 6) is 0.0294. The average molecular weight is 324 g/mol. The number of anilines is 1. The molecule has 0 radical (unpaired) electrons. The maximum absolute atomic E-state index is 12.2. The van der Waals surface area contributed by atoms with Crippen molar-refractivity contribution in [3.63, 3.8) is 0 Å². The number of hydrogen-bond acceptors (Lipinski definition) is 6. The number of carbonyl (C=O) groups excluding carboxylic acids is 1. The molecule has 1 aliphatic carbocycles. The van der Waals surface area contributed by atoms with Crippen LogP contribution in [0.2, 0.25) is 0 Å². The molecule has 0 saturated carbocycles. The average Bonchev–Trinajstić information content (AvgIpc) is 2.91. The molecule has 0 unspecified atom stereocenters. The minimum atomic E-state index is 0.0294. The van der Waals surface area contributed by atoms with E-state index in [-0.39, 0.29) is 12.5 Å². The van der Waals surface area contributed by atoms with Crippen molar-refractivity contribution in [1.29, 1.82) is 0 Å². The molecule has 7 heteroatoms. The highest BCUT2D eigenvalue weighted by molar-refractivity contribution is 7.15. The molecule has 1 saturated heterocycles. The highest BCUT2D eigenvalue weighted by atomic mass is 32.1. The number of nitrogens with zero attached hydrogens (tertiary/aromatic N) is 3. The summed E-state index contributed by atoms with van der Waals surface area (Å²) in [4.78, 5) is 22.4. The first-order valence-electron chi connectivity index (χ1n) is 8.08. The van der Waals surface area contributed by atoms with E-state index in [0.717, 1.165) is 50.7 Å². The molecule has 1 aromatic rings. The third-order valence-corrected chi connectivity index (χ3v) is 5.41. The number of aliphatic hydroxyl groups is 1. The zero-order valence-corrected chi connectivity index (χ0v) is 13.7. The quantitative estimate of drug-likeness (QED) is 0.829. The Morgan fingerprint density at radius 2 is 1.91 bits per heavy atom. The fraction of sp³-hybridized carbons (Fsp3) is 0.733. The number of rotatable bonds is 5. The second-order valence-corrected chi connectivity index (χ2v) is 7.07. The van der Waals surface area contributed by atoms with Gasteiger partial charge in [0.05, 0.1) is 18.8 Å². The Bertz CT molecular complexity index is 488. The van der Waals surface area contributed by atoms with Crippen LogP contribution < -0.4 is 5.32 Å². The second-order valence-electron chi connectivity index (χ2n) is 5.99. The number of thiazole rings is 1. The summed E-state index contributed by atoms with van der Waals surface area (Å²) in [6, 6.07) is 0. The van der Waals surface area contributed by atoms with Crippen molar-refractivity contribution in [2.45, 2.75) is 25.7 Å². The summed E-state index contributed by atoms with van der Waals surface area (Å²) < 4.78 is 0. The van der Waals surface area contributed by atoms with Crippen LogP contribution in [0.5, 0.6) is 0 Å². The van der Waals surface area contributed by atoms with Crippen molar-refractivity contribution in [3.05, 3.63) is 10.6 Å². The van der Waals surface area contributed by atoms with E-state index in [1.165, 1.54) is 23.4 Å². The van der Waals surface area contributed by atoms with Crippen LogP contribution >= 0.6 is 11.3 Å². The van der Waals surface area contributed by atoms with Crippen LogP contribution in [-0.2, 0) is 17.6 Å². The predicted octanol–water partition coefficient (Wildman–Crippen LogP) is 0.570. The molecule has 2 heterocycles. The van der Waals surface area contributed by atoms with E-state index in [1.807, 2.05) is 0 Å². The number of β-amino-alcohol motifs (C(OH)–C–C–N with tert-alkyl or cyclic N) is 1. The summed E-state index contributed by atoms with van der Waals surface area (Å²) in [5, 5.41) is 12.7. The molecule has 1 fully saturated rings. The summed E-state index contributed by atoms with van der Waals surface area (Å²) >= 11 is 1.64. The van der Waals surface area contributed by atoms with Gasteiger partial charge in [-0.2, -0.15) is 0 Å². The Morgan fingerprint density at radius 1 is 1.18 bits per heavy atom. The van der Waals surface area contributed by atoms with E-state index < -0.39 is 0 Å². The molecule has 22 heavy (non-hydrogen) atoms. The van der Waals surface area contributed by atoms with E-state index in [9.17, 15) is 4.79 Å². The molecule has 0 spiro atoms. The summed E-state index contributed by atoms with van der Waals surface area (Å²) in [6.07, 6.45) is 4.60. The first-order chi connectivity index (χ1) is 10.7. The van der Waals surface area contributed by atoms with E-state index in [1.54, 1.807) is 11.3 Å². The second kappa shape index (κ2) is 7.50. The van der Waals surface area contributed by atoms with E-state index in [4.69, 9.17) is 5.11 Å². The van der Waals surface area contributed by atoms with Crippen LogP contribution in [0.1, 0.15) is 23.4 Å². The lowest BCUT2D eigenvalue weighted by molar-refractivity contribution is -0.117. The molecule has 2 N–H and O–H groups in total. The molecule has 122 valence electrons. The van der Waals surface area contributed by atoms with Gasteiger partial charge in [-0.1, -0.05) is 0 Å². The van der Waals surface area contributed by atoms with Gasteiger partial charge in [0.15, 0.2) is 5.13 Å². The van der Waals surface area contributed by atoms with Crippen LogP contribution in [0, 0.1) is 0 Å². The number of piperazine rings is 1. The van der Waals surface area contributed by atoms with Crippen molar-refractivity contribution >= 4 is 22.4 Å². The van der Waals surface area contributed by atoms with E-state index in [0.29, 0.717) is 6.54 Å². The van der Waals surface area contributed by atoms with Crippen LogP contribution in [0.3, 0.4) is 0 Å². The highest BCUT2D eigenvalue weighted by Gasteiger charge is 2.20. The number of aryl methyl sites for hydroxylation is 2. The monoisotopic (exact) mass is 324 g/mol. The third kappa shape index (κ3) is 4.04. The van der Waals surface area contributed by atoms with Crippen molar-refractivity contribution < 1.29 is 9.90 Å². The van der Waals surface area contributed by atoms with Gasteiger partial charge in [-0.15, -0.1) is 11.3 Å². The lowest BCUT2D eigenvalue weighted by atomic mass is 10.0. The van der Waals surface area contributed by atoms with Gasteiger partial charge >= 0.3 is 0 Å². The van der Waals surface area contributed by atoms with Gasteiger partial charge in [0.2, 0.25) is 5.91 Å². The van der Waals surface area contributed by atoms with Gasteiger partial charge in [-0.25, -0.2) is 4.98 Å².